The number of fused-ring (bicyclic) bond motifs is 2. The molecule has 2 aliphatic carbocycles. The summed E-state index contributed by atoms with van der Waals surface area (Å²) in [6.07, 6.45) is 1.91. The van der Waals surface area contributed by atoms with E-state index in [1.54, 1.807) is 25.1 Å². The van der Waals surface area contributed by atoms with Gasteiger partial charge < -0.3 is 10.2 Å². The lowest BCUT2D eigenvalue weighted by atomic mass is 9.74. The molecule has 0 fully saturated rings. The van der Waals surface area contributed by atoms with Crippen LogP contribution in [0.2, 0.25) is 0 Å². The fourth-order valence-corrected chi connectivity index (χ4v) is 2.73. The van der Waals surface area contributed by atoms with Crippen LogP contribution in [0.5, 0.6) is 5.75 Å². The standard InChI is InChI=1S/C15H12O4/c1-7-5-9-13(11(17)6-7)15(19)12-8(14(9)18)3-2-4-10(12)16/h2-5,9,16,19H,6H2,1H3. The van der Waals surface area contributed by atoms with Crippen molar-refractivity contribution in [2.75, 3.05) is 0 Å². The molecule has 0 saturated carbocycles. The van der Waals surface area contributed by atoms with Gasteiger partial charge in [-0.25, -0.2) is 0 Å². The number of aliphatic hydroxyl groups excluding tert-OH is 1. The molecule has 2 aliphatic rings. The molecule has 0 radical (unpaired) electrons. The average Bonchev–Trinajstić information content (AvgIpc) is 2.34. The molecule has 19 heavy (non-hydrogen) atoms. The molecule has 0 bridgehead atoms. The van der Waals surface area contributed by atoms with Crippen molar-refractivity contribution in [3.63, 3.8) is 0 Å². The summed E-state index contributed by atoms with van der Waals surface area (Å²) >= 11 is 0. The van der Waals surface area contributed by atoms with Crippen molar-refractivity contribution < 1.29 is 19.8 Å². The number of hydrogen-bond donors (Lipinski definition) is 2. The van der Waals surface area contributed by atoms with Gasteiger partial charge in [0.1, 0.15) is 11.5 Å². The van der Waals surface area contributed by atoms with E-state index in [0.717, 1.165) is 5.57 Å². The van der Waals surface area contributed by atoms with Gasteiger partial charge in [0.15, 0.2) is 11.6 Å². The number of phenols is 1. The Balaban J connectivity index is 2.34. The van der Waals surface area contributed by atoms with Crippen LogP contribution in [0.15, 0.2) is 35.4 Å². The molecule has 0 aliphatic heterocycles. The number of carbonyl (C=O) groups excluding carboxylic acids is 2. The van der Waals surface area contributed by atoms with Crippen molar-refractivity contribution in [3.8, 4) is 5.75 Å². The van der Waals surface area contributed by atoms with E-state index < -0.39 is 5.92 Å². The van der Waals surface area contributed by atoms with Crippen LogP contribution in [0.4, 0.5) is 0 Å². The number of benzene rings is 1. The molecule has 0 spiro atoms. The van der Waals surface area contributed by atoms with Crippen molar-refractivity contribution >= 4 is 17.3 Å². The van der Waals surface area contributed by atoms with Crippen molar-refractivity contribution in [1.29, 1.82) is 0 Å². The molecule has 4 heteroatoms. The molecule has 0 aromatic heterocycles. The number of aliphatic hydroxyl groups is 1. The van der Waals surface area contributed by atoms with E-state index >= 15 is 0 Å². The van der Waals surface area contributed by atoms with Crippen molar-refractivity contribution in [2.45, 2.75) is 13.3 Å². The Labute approximate surface area is 109 Å². The van der Waals surface area contributed by atoms with E-state index in [9.17, 15) is 19.8 Å². The second-order valence-electron chi connectivity index (χ2n) is 4.92. The zero-order valence-electron chi connectivity index (χ0n) is 10.3. The lowest BCUT2D eigenvalue weighted by Gasteiger charge is -2.27. The number of ketones is 2. The summed E-state index contributed by atoms with van der Waals surface area (Å²) in [4.78, 5) is 24.4. The molecule has 1 aromatic rings. The number of Topliss-reactive ketones (excluding diaryl/α,β-unsaturated/α-hetero) is 2. The van der Waals surface area contributed by atoms with E-state index in [4.69, 9.17) is 0 Å². The molecule has 0 heterocycles. The van der Waals surface area contributed by atoms with E-state index in [-0.39, 0.29) is 46.2 Å². The maximum absolute atomic E-state index is 12.4. The van der Waals surface area contributed by atoms with Crippen molar-refractivity contribution in [1.82, 2.24) is 0 Å². The minimum absolute atomic E-state index is 0.0695. The highest BCUT2D eigenvalue weighted by Crippen LogP contribution is 2.41. The Hall–Kier alpha value is -2.36. The maximum atomic E-state index is 12.4. The molecular weight excluding hydrogens is 244 g/mol. The van der Waals surface area contributed by atoms with Gasteiger partial charge in [-0.05, 0) is 13.0 Å². The van der Waals surface area contributed by atoms with Crippen LogP contribution in [0.1, 0.15) is 29.3 Å². The summed E-state index contributed by atoms with van der Waals surface area (Å²) in [5, 5.41) is 20.0. The van der Waals surface area contributed by atoms with E-state index in [1.165, 1.54) is 6.07 Å². The number of carbonyl (C=O) groups is 2. The first kappa shape index (κ1) is 11.7. The number of aromatic hydroxyl groups is 1. The molecule has 1 aromatic carbocycles. The highest BCUT2D eigenvalue weighted by molar-refractivity contribution is 6.18. The van der Waals surface area contributed by atoms with Crippen LogP contribution in [-0.2, 0) is 4.79 Å². The Morgan fingerprint density at radius 2 is 1.95 bits per heavy atom. The molecule has 1 atom stereocenters. The average molecular weight is 256 g/mol. The van der Waals surface area contributed by atoms with Crippen LogP contribution in [0, 0.1) is 5.92 Å². The molecule has 1 unspecified atom stereocenters. The fraction of sp³-hybridized carbons (Fsp3) is 0.200. The number of phenolic OH excluding ortho intramolecular Hbond substituents is 1. The van der Waals surface area contributed by atoms with Gasteiger partial charge in [0.05, 0.1) is 17.1 Å². The second kappa shape index (κ2) is 3.82. The molecule has 3 rings (SSSR count). The quantitative estimate of drug-likeness (QED) is 0.699. The Morgan fingerprint density at radius 1 is 1.21 bits per heavy atom. The largest absolute Gasteiger partial charge is 0.507 e. The zero-order chi connectivity index (χ0) is 13.7. The predicted octanol–water partition coefficient (Wildman–Crippen LogP) is 2.39. The normalized spacial score (nSPS) is 21.9. The van der Waals surface area contributed by atoms with E-state index in [1.807, 2.05) is 0 Å². The van der Waals surface area contributed by atoms with Crippen molar-refractivity contribution in [3.05, 3.63) is 46.5 Å². The Bertz CT molecular complexity index is 679. The number of rotatable bonds is 0. The molecule has 0 saturated heterocycles. The Morgan fingerprint density at radius 3 is 2.68 bits per heavy atom. The van der Waals surface area contributed by atoms with Crippen LogP contribution >= 0.6 is 0 Å². The smallest absolute Gasteiger partial charge is 0.175 e. The summed E-state index contributed by atoms with van der Waals surface area (Å²) in [5.41, 5.74) is 1.25. The number of hydrogen-bond acceptors (Lipinski definition) is 4. The SMILES string of the molecule is CC1=CC2C(=O)c3cccc(O)c3C(O)=C2C(=O)C1. The molecule has 96 valence electrons. The molecule has 0 amide bonds. The second-order valence-corrected chi connectivity index (χ2v) is 4.92. The van der Waals surface area contributed by atoms with Crippen LogP contribution in [0.3, 0.4) is 0 Å². The van der Waals surface area contributed by atoms with E-state index in [2.05, 4.69) is 0 Å². The van der Waals surface area contributed by atoms with Gasteiger partial charge in [0, 0.05) is 12.0 Å². The highest BCUT2D eigenvalue weighted by Gasteiger charge is 2.39. The summed E-state index contributed by atoms with van der Waals surface area (Å²) in [6, 6.07) is 4.48. The van der Waals surface area contributed by atoms with Gasteiger partial charge >= 0.3 is 0 Å². The van der Waals surface area contributed by atoms with Gasteiger partial charge in [-0.1, -0.05) is 23.8 Å². The van der Waals surface area contributed by atoms with Crippen LogP contribution < -0.4 is 0 Å². The lowest BCUT2D eigenvalue weighted by molar-refractivity contribution is -0.115. The van der Waals surface area contributed by atoms with Crippen LogP contribution in [0.25, 0.3) is 5.76 Å². The van der Waals surface area contributed by atoms with Gasteiger partial charge in [-0.15, -0.1) is 0 Å². The number of allylic oxidation sites excluding steroid dienone is 3. The topological polar surface area (TPSA) is 74.6 Å². The van der Waals surface area contributed by atoms with E-state index in [0.29, 0.717) is 0 Å². The molecule has 4 nitrogen and oxygen atoms in total. The highest BCUT2D eigenvalue weighted by atomic mass is 16.3. The summed E-state index contributed by atoms with van der Waals surface area (Å²) < 4.78 is 0. The Kier molecular flexibility index (Phi) is 2.35. The minimum Gasteiger partial charge on any atom is -0.507 e. The van der Waals surface area contributed by atoms with Gasteiger partial charge in [0.25, 0.3) is 0 Å². The summed E-state index contributed by atoms with van der Waals surface area (Å²) in [7, 11) is 0. The van der Waals surface area contributed by atoms with Gasteiger partial charge in [0.2, 0.25) is 0 Å². The first-order valence-electron chi connectivity index (χ1n) is 6.01. The first-order valence-corrected chi connectivity index (χ1v) is 6.01. The van der Waals surface area contributed by atoms with Crippen LogP contribution in [-0.4, -0.2) is 21.8 Å². The summed E-state index contributed by atoms with van der Waals surface area (Å²) in [5.74, 6) is -1.70. The first-order chi connectivity index (χ1) is 9.00. The van der Waals surface area contributed by atoms with Crippen molar-refractivity contribution in [2.24, 2.45) is 5.92 Å². The lowest BCUT2D eigenvalue weighted by Crippen LogP contribution is -2.30. The summed E-state index contributed by atoms with van der Waals surface area (Å²) in [6.45, 7) is 1.79. The third-order valence-electron chi connectivity index (χ3n) is 3.58. The fourth-order valence-electron chi connectivity index (χ4n) is 2.73. The third kappa shape index (κ3) is 1.53. The third-order valence-corrected chi connectivity index (χ3v) is 3.58. The van der Waals surface area contributed by atoms with Gasteiger partial charge in [-0.2, -0.15) is 0 Å². The zero-order valence-corrected chi connectivity index (χ0v) is 10.3. The minimum atomic E-state index is -0.726. The monoisotopic (exact) mass is 256 g/mol. The molecular formula is C15H12O4. The van der Waals surface area contributed by atoms with Gasteiger partial charge in [-0.3, -0.25) is 9.59 Å². The maximum Gasteiger partial charge on any atom is 0.175 e. The molecule has 2 N–H and O–H groups in total. The predicted molar refractivity (Wildman–Crippen MR) is 68.9 cm³/mol.